The lowest BCUT2D eigenvalue weighted by Gasteiger charge is -2.29. The summed E-state index contributed by atoms with van der Waals surface area (Å²) < 4.78 is 45.6. The van der Waals surface area contributed by atoms with Crippen LogP contribution in [-0.4, -0.2) is 29.3 Å². The summed E-state index contributed by atoms with van der Waals surface area (Å²) in [5.41, 5.74) is 0.517. The summed E-state index contributed by atoms with van der Waals surface area (Å²) in [5.74, 6) is -4.39. The second-order valence-electron chi connectivity index (χ2n) is 9.76. The Labute approximate surface area is 243 Å². The van der Waals surface area contributed by atoms with E-state index in [-0.39, 0.29) is 40.9 Å². The van der Waals surface area contributed by atoms with E-state index in [9.17, 15) is 32.7 Å². The molecule has 13 heteroatoms. The van der Waals surface area contributed by atoms with Crippen molar-refractivity contribution in [1.82, 2.24) is 10.3 Å². The molecular formula is C28H25Cl2F3N3O5-. The van der Waals surface area contributed by atoms with E-state index in [1.165, 1.54) is 18.2 Å². The number of carboxylic acids is 1. The third-order valence-electron chi connectivity index (χ3n) is 6.88. The van der Waals surface area contributed by atoms with Crippen LogP contribution in [0.25, 0.3) is 11.5 Å². The number of amides is 2. The highest BCUT2D eigenvalue weighted by atomic mass is 35.5. The fourth-order valence-electron chi connectivity index (χ4n) is 4.85. The summed E-state index contributed by atoms with van der Waals surface area (Å²) in [6.45, 7) is -0.260. The molecule has 8 nitrogen and oxygen atoms in total. The Bertz CT molecular complexity index is 1400. The van der Waals surface area contributed by atoms with Crippen molar-refractivity contribution in [3.8, 4) is 11.5 Å². The van der Waals surface area contributed by atoms with Gasteiger partial charge in [-0.25, -0.2) is 4.98 Å². The molecule has 1 aliphatic rings. The predicted molar refractivity (Wildman–Crippen MR) is 143 cm³/mol. The van der Waals surface area contributed by atoms with Gasteiger partial charge in [0.25, 0.3) is 5.91 Å². The number of nitrogens with one attached hydrogen (secondary N) is 2. The van der Waals surface area contributed by atoms with Gasteiger partial charge in [-0.15, -0.1) is 0 Å². The summed E-state index contributed by atoms with van der Waals surface area (Å²) in [5, 5.41) is 15.7. The summed E-state index contributed by atoms with van der Waals surface area (Å²) >= 11 is 12.1. The minimum Gasteiger partial charge on any atom is -0.550 e. The first-order valence-corrected chi connectivity index (χ1v) is 13.6. The van der Waals surface area contributed by atoms with E-state index in [0.29, 0.717) is 11.6 Å². The van der Waals surface area contributed by atoms with Crippen LogP contribution in [0.2, 0.25) is 10.0 Å². The first kappa shape index (κ1) is 30.4. The monoisotopic (exact) mass is 610 g/mol. The van der Waals surface area contributed by atoms with E-state index in [1.54, 1.807) is 12.1 Å². The molecule has 0 saturated heterocycles. The fraction of sp³-hybridized carbons (Fsp3) is 0.357. The van der Waals surface area contributed by atoms with Crippen molar-refractivity contribution >= 4 is 46.7 Å². The van der Waals surface area contributed by atoms with Crippen molar-refractivity contribution in [2.45, 2.75) is 50.6 Å². The molecule has 218 valence electrons. The average Bonchev–Trinajstić information content (AvgIpc) is 3.35. The van der Waals surface area contributed by atoms with Gasteiger partial charge in [-0.1, -0.05) is 41.4 Å². The lowest BCUT2D eigenvalue weighted by molar-refractivity contribution is -0.307. The molecule has 0 radical (unpaired) electrons. The number of carboxylic acid groups (broad SMARTS) is 1. The number of oxazole rings is 1. The van der Waals surface area contributed by atoms with Crippen LogP contribution in [0.3, 0.4) is 0 Å². The van der Waals surface area contributed by atoms with Gasteiger partial charge in [-0.3, -0.25) is 9.59 Å². The van der Waals surface area contributed by atoms with Crippen molar-refractivity contribution in [2.24, 2.45) is 5.92 Å². The summed E-state index contributed by atoms with van der Waals surface area (Å²) in [4.78, 5) is 39.4. The van der Waals surface area contributed by atoms with Crippen molar-refractivity contribution in [2.75, 3.05) is 11.9 Å². The number of hydrogen-bond donors (Lipinski definition) is 2. The number of hydrogen-bond acceptors (Lipinski definition) is 6. The lowest BCUT2D eigenvalue weighted by Crippen LogP contribution is -2.29. The Kier molecular flexibility index (Phi) is 9.60. The predicted octanol–water partition coefficient (Wildman–Crippen LogP) is 5.84. The maximum atomic E-state index is 13.6. The summed E-state index contributed by atoms with van der Waals surface area (Å²) in [7, 11) is 0. The third-order valence-corrected chi connectivity index (χ3v) is 7.51. The quantitative estimate of drug-likeness (QED) is 0.314. The van der Waals surface area contributed by atoms with Gasteiger partial charge in [-0.2, -0.15) is 13.2 Å². The van der Waals surface area contributed by atoms with Crippen molar-refractivity contribution < 1.29 is 37.1 Å². The SMILES string of the molecule is O=C([O-])CC1CCC(c2ccc(NC(=O)CCNC(=O)c3nc(-c4c(Cl)cccc4Cl)oc3C(F)(F)F)cc2)CC1. The van der Waals surface area contributed by atoms with Gasteiger partial charge in [0, 0.05) is 24.6 Å². The molecule has 1 saturated carbocycles. The summed E-state index contributed by atoms with van der Waals surface area (Å²) in [6.07, 6.45) is -1.77. The maximum Gasteiger partial charge on any atom is 0.452 e. The number of aliphatic carboxylic acids is 1. The van der Waals surface area contributed by atoms with Crippen molar-refractivity contribution in [3.63, 3.8) is 0 Å². The van der Waals surface area contributed by atoms with Crippen molar-refractivity contribution in [3.05, 3.63) is 69.5 Å². The second kappa shape index (κ2) is 12.9. The number of halogens is 5. The molecule has 0 atom stereocenters. The molecule has 1 aromatic heterocycles. The van der Waals surface area contributed by atoms with Crippen LogP contribution in [0.4, 0.5) is 18.9 Å². The molecule has 0 bridgehead atoms. The number of aromatic nitrogens is 1. The molecule has 3 aromatic rings. The number of rotatable bonds is 9. The molecule has 2 aromatic carbocycles. The van der Waals surface area contributed by atoms with Gasteiger partial charge in [0.2, 0.25) is 17.6 Å². The lowest BCUT2D eigenvalue weighted by atomic mass is 9.77. The zero-order valence-electron chi connectivity index (χ0n) is 21.5. The number of anilines is 1. The minimum atomic E-state index is -5.02. The zero-order chi connectivity index (χ0) is 29.7. The van der Waals surface area contributed by atoms with Crippen LogP contribution in [0.15, 0.2) is 46.9 Å². The van der Waals surface area contributed by atoms with E-state index in [4.69, 9.17) is 27.6 Å². The molecule has 4 rings (SSSR count). The molecule has 41 heavy (non-hydrogen) atoms. The van der Waals surface area contributed by atoms with Crippen LogP contribution < -0.4 is 15.7 Å². The molecule has 2 amide bonds. The molecule has 2 N–H and O–H groups in total. The Hall–Kier alpha value is -3.57. The topological polar surface area (TPSA) is 124 Å². The van der Waals surface area contributed by atoms with Gasteiger partial charge < -0.3 is 25.0 Å². The number of carbonyl (C=O) groups is 3. The molecule has 1 heterocycles. The van der Waals surface area contributed by atoms with Crippen LogP contribution in [-0.2, 0) is 15.8 Å². The van der Waals surface area contributed by atoms with E-state index >= 15 is 0 Å². The highest BCUT2D eigenvalue weighted by Crippen LogP contribution is 2.40. The standard InChI is InChI=1S/C28H26Cl2F3N3O5/c29-19-2-1-3-20(30)23(19)27-36-24(25(41-27)28(31,32)33)26(40)34-13-12-21(37)35-18-10-8-17(9-11-18)16-6-4-15(5-7-16)14-22(38)39/h1-3,8-11,15-16H,4-7,12-14H2,(H,34,40)(H,35,37)(H,38,39)/p-1. The van der Waals surface area contributed by atoms with Crippen LogP contribution >= 0.6 is 23.2 Å². The molecule has 0 spiro atoms. The zero-order valence-corrected chi connectivity index (χ0v) is 23.0. The third kappa shape index (κ3) is 7.80. The Morgan fingerprint density at radius 3 is 2.22 bits per heavy atom. The largest absolute Gasteiger partial charge is 0.550 e. The fourth-order valence-corrected chi connectivity index (χ4v) is 5.41. The molecule has 1 aliphatic carbocycles. The van der Waals surface area contributed by atoms with Crippen molar-refractivity contribution in [1.29, 1.82) is 0 Å². The second-order valence-corrected chi connectivity index (χ2v) is 10.6. The number of nitrogens with zero attached hydrogens (tertiary/aromatic N) is 1. The molecule has 0 aliphatic heterocycles. The Balaban J connectivity index is 1.31. The van der Waals surface area contributed by atoms with E-state index in [2.05, 4.69) is 15.6 Å². The van der Waals surface area contributed by atoms with Gasteiger partial charge in [0.15, 0.2) is 5.69 Å². The van der Waals surface area contributed by atoms with Crippen LogP contribution in [0.1, 0.15) is 66.3 Å². The van der Waals surface area contributed by atoms with Gasteiger partial charge >= 0.3 is 6.18 Å². The first-order valence-electron chi connectivity index (χ1n) is 12.8. The van der Waals surface area contributed by atoms with E-state index in [1.807, 2.05) is 12.1 Å². The average molecular weight is 611 g/mol. The summed E-state index contributed by atoms with van der Waals surface area (Å²) in [6, 6.07) is 11.5. The highest BCUT2D eigenvalue weighted by Gasteiger charge is 2.42. The maximum absolute atomic E-state index is 13.6. The Morgan fingerprint density at radius 1 is 1.00 bits per heavy atom. The number of carbonyl (C=O) groups excluding carboxylic acids is 3. The minimum absolute atomic E-state index is 0.00924. The molecule has 1 fully saturated rings. The van der Waals surface area contributed by atoms with E-state index < -0.39 is 41.3 Å². The number of alkyl halides is 3. The molecular weight excluding hydrogens is 586 g/mol. The van der Waals surface area contributed by atoms with Crippen LogP contribution in [0, 0.1) is 5.92 Å². The molecule has 0 unspecified atom stereocenters. The highest BCUT2D eigenvalue weighted by molar-refractivity contribution is 6.38. The first-order chi connectivity index (χ1) is 19.4. The Morgan fingerprint density at radius 2 is 1.63 bits per heavy atom. The van der Waals surface area contributed by atoms with E-state index in [0.717, 1.165) is 31.2 Å². The van der Waals surface area contributed by atoms with Gasteiger partial charge in [-0.05, 0) is 73.8 Å². The van der Waals surface area contributed by atoms with Gasteiger partial charge in [0.1, 0.15) is 0 Å². The smallest absolute Gasteiger partial charge is 0.452 e. The number of benzene rings is 2. The van der Waals surface area contributed by atoms with Crippen LogP contribution in [0.5, 0.6) is 0 Å². The normalized spacial score (nSPS) is 17.2. The van der Waals surface area contributed by atoms with Gasteiger partial charge in [0.05, 0.1) is 15.6 Å².